The first kappa shape index (κ1) is 64.4. The number of aromatic amines is 2. The molecule has 13 heterocycles. The smallest absolute Gasteiger partial charge is 0.0985 e. The van der Waals surface area contributed by atoms with Crippen LogP contribution in [0.25, 0.3) is 90.9 Å². The van der Waals surface area contributed by atoms with Crippen molar-refractivity contribution in [1.29, 1.82) is 0 Å². The van der Waals surface area contributed by atoms with Gasteiger partial charge in [0.15, 0.2) is 0 Å². The summed E-state index contributed by atoms with van der Waals surface area (Å²) in [6.07, 6.45) is 12.4. The SMILES string of the molecule is [B]C1[B]C1([B])Cc1cc(CC2([B])[B]C2[B])cc(-c2c3nc(c(-c4cc(CC5([B])[B]C5[B])cc(CC5([B])[B]C5[B])c4)c4ccc([nH]4)c(-c4cc(CC5([B])[B]C5[B])cc(CC5([B])[B]C5[B])c4)c4nc(c(-c5cc(CC6([B])[B]C6[B])cc(CC6([B])[B]C6[B])c5)c5ccc2[nH]5)C=C4)C=C3)c1. The molecule has 2 N–H and O–H groups in total. The molecule has 0 aliphatic carbocycles. The van der Waals surface area contributed by atoms with Gasteiger partial charge in [-0.15, -0.1) is 45.7 Å². The van der Waals surface area contributed by atoms with E-state index in [1.807, 2.05) is 58.2 Å². The summed E-state index contributed by atoms with van der Waals surface area (Å²) in [5.74, 6) is 0. The van der Waals surface area contributed by atoms with E-state index < -0.39 is 41.7 Å². The number of hydrogen-bond acceptors (Lipinski definition) is 2. The van der Waals surface area contributed by atoms with E-state index in [-0.39, 0.29) is 45.7 Å². The molecule has 10 aliphatic rings. The number of fused-ring (bicyclic) bond motifs is 8. The minimum absolute atomic E-state index is 0.256. The van der Waals surface area contributed by atoms with E-state index >= 15 is 0 Å². The fourth-order valence-electron chi connectivity index (χ4n) is 15.4. The standard InChI is InChI=1S/C68H46B24N4/c69-53-61(77,85-53)21-29-9-30(22-62(78)54(70)86-62)14-37(13-29)49-41-1-2-42(93-41)50(38-15-31(23-63(79)55(71)87-63)10-32(16-38)24-64(80)56(72)88-64)44-5-6-46(95-44)52(40-19-35(27-67(83)59(75)91-67)12-36(20-40)28-68(84)60(76)92-68)48-8-7-47(96-48)51(45-4-3-43(49)94-45)39-17-33(25-65(81)57(73)89-65)11-34(18-39)26-66(82)58(74)90-66/h1-20,53-60,93,96H,21-28H2. The Balaban J connectivity index is 0.965. The first-order valence-corrected chi connectivity index (χ1v) is 33.4. The third-order valence-corrected chi connectivity index (χ3v) is 22.2. The Labute approximate surface area is 593 Å². The summed E-state index contributed by atoms with van der Waals surface area (Å²) in [6, 6.07) is 34.8. The second-order valence-corrected chi connectivity index (χ2v) is 30.5. The van der Waals surface area contributed by atoms with Gasteiger partial charge in [-0.25, -0.2) is 9.97 Å². The second-order valence-electron chi connectivity index (χ2n) is 30.5. The molecule has 0 amide bonds. The topological polar surface area (TPSA) is 57.4 Å². The molecule has 3 aromatic heterocycles. The van der Waals surface area contributed by atoms with Gasteiger partial charge in [0.1, 0.15) is 0 Å². The van der Waals surface area contributed by atoms with Crippen LogP contribution in [0.2, 0.25) is 87.4 Å². The fraction of sp³-hybridized carbons (Fsp3) is 0.353. The van der Waals surface area contributed by atoms with Gasteiger partial charge in [0.2, 0.25) is 0 Å². The summed E-state index contributed by atoms with van der Waals surface area (Å²) >= 11 is 0. The summed E-state index contributed by atoms with van der Waals surface area (Å²) in [7, 11) is 124. The molecule has 10 aliphatic heterocycles. The molecule has 8 saturated heterocycles. The predicted octanol–water partition coefficient (Wildman–Crippen LogP) is 7.00. The Bertz CT molecular complexity index is 3990. The maximum atomic E-state index is 6.95. The van der Waals surface area contributed by atoms with Crippen LogP contribution in [0.5, 0.6) is 0 Å². The lowest BCUT2D eigenvalue weighted by atomic mass is 9.65. The van der Waals surface area contributed by atoms with E-state index in [0.29, 0.717) is 74.1 Å². The zero-order valence-electron chi connectivity index (χ0n) is 53.6. The number of benzene rings is 4. The van der Waals surface area contributed by atoms with E-state index in [1.54, 1.807) is 0 Å². The average molecular weight is 1180 g/mol. The Hall–Kier alpha value is -4.96. The van der Waals surface area contributed by atoms with E-state index in [9.17, 15) is 0 Å². The van der Waals surface area contributed by atoms with Crippen LogP contribution >= 0.6 is 0 Å². The van der Waals surface area contributed by atoms with E-state index in [4.69, 9.17) is 136 Å². The van der Waals surface area contributed by atoms with Crippen LogP contribution in [0, 0.1) is 0 Å². The van der Waals surface area contributed by atoms with Gasteiger partial charge >= 0.3 is 0 Å². The van der Waals surface area contributed by atoms with Crippen LogP contribution in [-0.2, 0) is 51.4 Å². The Morgan fingerprint density at radius 2 is 0.406 bits per heavy atom. The monoisotopic (exact) mass is 1180 g/mol. The van der Waals surface area contributed by atoms with E-state index in [0.717, 1.165) is 111 Å². The van der Waals surface area contributed by atoms with Crippen LogP contribution in [0.1, 0.15) is 67.3 Å². The van der Waals surface area contributed by atoms with Crippen molar-refractivity contribution in [2.45, 2.75) is 139 Å². The summed E-state index contributed by atoms with van der Waals surface area (Å²) in [6.45, 7) is 0. The van der Waals surface area contributed by atoms with E-state index in [2.05, 4.69) is 131 Å². The molecule has 16 atom stereocenters. The number of hydrogen-bond donors (Lipinski definition) is 2. The number of H-pyrrole nitrogens is 2. The van der Waals surface area contributed by atoms with Crippen LogP contribution < -0.4 is 0 Å². The first-order valence-electron chi connectivity index (χ1n) is 33.4. The minimum Gasteiger partial charge on any atom is -0.354 e. The van der Waals surface area contributed by atoms with Crippen molar-refractivity contribution < 1.29 is 0 Å². The molecule has 0 spiro atoms. The first-order chi connectivity index (χ1) is 45.4. The van der Waals surface area contributed by atoms with Crippen LogP contribution in [0.4, 0.5) is 0 Å². The van der Waals surface area contributed by atoms with Crippen molar-refractivity contribution >= 4 is 230 Å². The molecule has 410 valence electrons. The van der Waals surface area contributed by atoms with Gasteiger partial charge in [0.25, 0.3) is 0 Å². The average Bonchev–Trinajstić information content (AvgIpc) is 1.46. The maximum Gasteiger partial charge on any atom is 0.0985 e. The molecule has 8 fully saturated rings. The molecule has 8 bridgehead atoms. The largest absolute Gasteiger partial charge is 0.354 e. The van der Waals surface area contributed by atoms with Crippen molar-refractivity contribution in [2.24, 2.45) is 0 Å². The summed E-state index contributed by atoms with van der Waals surface area (Å²) < 4.78 is 0. The highest BCUT2D eigenvalue weighted by atomic mass is 14.8. The van der Waals surface area contributed by atoms with Gasteiger partial charge in [-0.2, -0.15) is 0 Å². The number of rotatable bonds is 20. The molecular weight excluding hydrogens is 1130 g/mol. The van der Waals surface area contributed by atoms with Gasteiger partial charge < -0.3 is 9.97 Å². The highest BCUT2D eigenvalue weighted by molar-refractivity contribution is 6.81. The molecule has 96 heavy (non-hydrogen) atoms. The number of aromatic nitrogens is 4. The third kappa shape index (κ3) is 12.1. The highest BCUT2D eigenvalue weighted by Gasteiger charge is 2.52. The molecule has 40 radical (unpaired) electrons. The summed E-state index contributed by atoms with van der Waals surface area (Å²) in [4.78, 5) is 19.6. The summed E-state index contributed by atoms with van der Waals surface area (Å²) in [5, 5.41) is -5.47. The van der Waals surface area contributed by atoms with Crippen LogP contribution in [0.15, 0.2) is 97.1 Å². The highest BCUT2D eigenvalue weighted by Crippen LogP contribution is 2.60. The Kier molecular flexibility index (Phi) is 14.9. The number of nitrogens with one attached hydrogen (secondary N) is 2. The van der Waals surface area contributed by atoms with Crippen molar-refractivity contribution in [1.82, 2.24) is 19.9 Å². The molecule has 4 nitrogen and oxygen atoms in total. The van der Waals surface area contributed by atoms with Gasteiger partial charge in [-0.3, -0.25) is 0 Å². The lowest BCUT2D eigenvalue weighted by Crippen LogP contribution is -2.05. The molecule has 0 saturated carbocycles. The third-order valence-electron chi connectivity index (χ3n) is 22.2. The number of nitrogens with zero attached hydrogens (tertiary/aromatic N) is 2. The zero-order chi connectivity index (χ0) is 66.8. The van der Waals surface area contributed by atoms with Crippen molar-refractivity contribution in [3.8, 4) is 44.5 Å². The molecule has 7 aromatic rings. The van der Waals surface area contributed by atoms with E-state index in [1.165, 1.54) is 0 Å². The second kappa shape index (κ2) is 22.3. The zero-order valence-corrected chi connectivity index (χ0v) is 53.6. The van der Waals surface area contributed by atoms with Crippen LogP contribution in [-0.4, -0.2) is 204 Å². The van der Waals surface area contributed by atoms with Gasteiger partial charge in [-0.1, -0.05) is 115 Å². The maximum absolute atomic E-state index is 6.95. The minimum atomic E-state index is -0.684. The fourth-order valence-corrected chi connectivity index (χ4v) is 15.4. The van der Waals surface area contributed by atoms with Crippen molar-refractivity contribution in [3.05, 3.63) is 164 Å². The van der Waals surface area contributed by atoms with Gasteiger partial charge in [-0.05, 0) is 167 Å². The van der Waals surface area contributed by atoms with Crippen molar-refractivity contribution in [3.63, 3.8) is 0 Å². The summed E-state index contributed by atoms with van der Waals surface area (Å²) in [5.41, 5.74) is 18.7. The Morgan fingerprint density at radius 3 is 0.542 bits per heavy atom. The molecule has 16 unspecified atom stereocenters. The molecule has 17 rings (SSSR count). The molecule has 28 heteroatoms. The lowest BCUT2D eigenvalue weighted by Gasteiger charge is -2.19. The molecule has 4 aromatic carbocycles. The Morgan fingerprint density at radius 1 is 0.260 bits per heavy atom. The van der Waals surface area contributed by atoms with Gasteiger partial charge in [0.05, 0.1) is 207 Å². The lowest BCUT2D eigenvalue weighted by molar-refractivity contribution is 0.876. The normalized spacial score (nSPS) is 34.5. The predicted molar refractivity (Wildman–Crippen MR) is 420 cm³/mol. The quantitative estimate of drug-likeness (QED) is 0.0810. The van der Waals surface area contributed by atoms with Gasteiger partial charge in [0, 0.05) is 44.3 Å². The molecular formula is C68H46B24N4. The van der Waals surface area contributed by atoms with Crippen LogP contribution in [0.3, 0.4) is 0 Å². The van der Waals surface area contributed by atoms with Crippen molar-refractivity contribution in [2.75, 3.05) is 0 Å².